The summed E-state index contributed by atoms with van der Waals surface area (Å²) in [6.07, 6.45) is 3.72. The highest BCUT2D eigenvalue weighted by atomic mass is 16.2. The summed E-state index contributed by atoms with van der Waals surface area (Å²) < 4.78 is 0. The van der Waals surface area contributed by atoms with Crippen LogP contribution in [0.3, 0.4) is 0 Å². The van der Waals surface area contributed by atoms with Crippen LogP contribution in [0.25, 0.3) is 0 Å². The van der Waals surface area contributed by atoms with E-state index in [-0.39, 0.29) is 23.7 Å². The minimum atomic E-state index is -0.972. The van der Waals surface area contributed by atoms with Gasteiger partial charge in [0.1, 0.15) is 11.4 Å². The third-order valence-corrected chi connectivity index (χ3v) is 4.84. The standard InChI is InChI=1S/C18H26N6O3/c1-23(2)13(25)5-8-18(24(3)4,11-6-9-21-14(11)16(19)26)12-7-10-22-15(12)17(20)27/h6-7,9-10,21-22H,5,8H2,1-4H3,(H2,19,26)(H2,20,27). The second-order valence-corrected chi connectivity index (χ2v) is 6.80. The average Bonchev–Trinajstić information content (AvgIpc) is 3.24. The van der Waals surface area contributed by atoms with Crippen molar-refractivity contribution < 1.29 is 14.4 Å². The number of hydrogen-bond acceptors (Lipinski definition) is 4. The van der Waals surface area contributed by atoms with Crippen LogP contribution in [0.4, 0.5) is 0 Å². The molecule has 3 amide bonds. The van der Waals surface area contributed by atoms with Crippen molar-refractivity contribution in [2.24, 2.45) is 11.5 Å². The van der Waals surface area contributed by atoms with E-state index < -0.39 is 17.4 Å². The van der Waals surface area contributed by atoms with E-state index >= 15 is 0 Å². The highest BCUT2D eigenvalue weighted by molar-refractivity contribution is 5.95. The average molecular weight is 374 g/mol. The Morgan fingerprint density at radius 2 is 1.37 bits per heavy atom. The van der Waals surface area contributed by atoms with Crippen molar-refractivity contribution in [2.75, 3.05) is 28.2 Å². The molecular weight excluding hydrogens is 348 g/mol. The summed E-state index contributed by atoms with van der Waals surface area (Å²) in [5.41, 5.74) is 11.7. The summed E-state index contributed by atoms with van der Waals surface area (Å²) in [5, 5.41) is 0. The third-order valence-electron chi connectivity index (χ3n) is 4.84. The SMILES string of the molecule is CN(C)C(=O)CCC(c1cc[nH]c1C(N)=O)(c1cc[nH]c1C(N)=O)N(C)C. The van der Waals surface area contributed by atoms with Gasteiger partial charge in [0.2, 0.25) is 5.91 Å². The number of rotatable bonds is 8. The van der Waals surface area contributed by atoms with Crippen molar-refractivity contribution in [3.8, 4) is 0 Å². The lowest BCUT2D eigenvalue weighted by Crippen LogP contribution is -2.45. The second-order valence-electron chi connectivity index (χ2n) is 6.80. The van der Waals surface area contributed by atoms with Gasteiger partial charge in [-0.1, -0.05) is 0 Å². The Morgan fingerprint density at radius 1 is 0.926 bits per heavy atom. The summed E-state index contributed by atoms with van der Waals surface area (Å²) in [7, 11) is 6.98. The number of aromatic amines is 2. The van der Waals surface area contributed by atoms with E-state index in [1.807, 2.05) is 19.0 Å². The van der Waals surface area contributed by atoms with Crippen LogP contribution in [0.2, 0.25) is 0 Å². The zero-order valence-corrected chi connectivity index (χ0v) is 16.0. The molecule has 0 radical (unpaired) electrons. The number of carbonyl (C=O) groups excluding carboxylic acids is 3. The lowest BCUT2D eigenvalue weighted by atomic mass is 9.77. The summed E-state index contributed by atoms with van der Waals surface area (Å²) >= 11 is 0. The molecule has 0 aliphatic carbocycles. The topological polar surface area (TPSA) is 141 Å². The van der Waals surface area contributed by atoms with Crippen LogP contribution in [0, 0.1) is 0 Å². The number of nitrogens with one attached hydrogen (secondary N) is 2. The molecule has 2 aromatic rings. The molecule has 0 aliphatic heterocycles. The van der Waals surface area contributed by atoms with Crippen LogP contribution in [-0.4, -0.2) is 65.7 Å². The summed E-state index contributed by atoms with van der Waals surface area (Å²) in [6.45, 7) is 0. The van der Waals surface area contributed by atoms with Crippen LogP contribution in [0.5, 0.6) is 0 Å². The molecule has 146 valence electrons. The first kappa shape index (κ1) is 20.2. The Labute approximate surface area is 157 Å². The van der Waals surface area contributed by atoms with Crippen molar-refractivity contribution in [3.63, 3.8) is 0 Å². The third kappa shape index (κ3) is 3.59. The summed E-state index contributed by atoms with van der Waals surface area (Å²) in [4.78, 5) is 45.4. The predicted molar refractivity (Wildman–Crippen MR) is 101 cm³/mol. The van der Waals surface area contributed by atoms with E-state index in [1.54, 1.807) is 38.6 Å². The monoisotopic (exact) mass is 374 g/mol. The van der Waals surface area contributed by atoms with Crippen LogP contribution in [0.15, 0.2) is 24.5 Å². The Bertz CT molecular complexity index is 797. The van der Waals surface area contributed by atoms with Crippen LogP contribution in [0.1, 0.15) is 44.9 Å². The highest BCUT2D eigenvalue weighted by Crippen LogP contribution is 2.41. The van der Waals surface area contributed by atoms with Gasteiger partial charge in [-0.25, -0.2) is 0 Å². The molecule has 0 bridgehead atoms. The first-order valence-electron chi connectivity index (χ1n) is 8.45. The van der Waals surface area contributed by atoms with Gasteiger partial charge in [-0.2, -0.15) is 0 Å². The lowest BCUT2D eigenvalue weighted by Gasteiger charge is -2.41. The molecule has 0 atom stereocenters. The number of carbonyl (C=O) groups is 3. The number of nitrogens with two attached hydrogens (primary N) is 2. The molecular formula is C18H26N6O3. The molecule has 0 aromatic carbocycles. The Kier molecular flexibility index (Phi) is 5.75. The van der Waals surface area contributed by atoms with Crippen molar-refractivity contribution in [1.82, 2.24) is 19.8 Å². The van der Waals surface area contributed by atoms with Crippen LogP contribution in [-0.2, 0) is 10.3 Å². The molecule has 9 heteroatoms. The second kappa shape index (κ2) is 7.67. The van der Waals surface area contributed by atoms with Gasteiger partial charge in [0.15, 0.2) is 0 Å². The first-order chi connectivity index (χ1) is 12.6. The van der Waals surface area contributed by atoms with Gasteiger partial charge >= 0.3 is 0 Å². The van der Waals surface area contributed by atoms with E-state index in [0.29, 0.717) is 17.5 Å². The fourth-order valence-electron chi connectivity index (χ4n) is 3.47. The summed E-state index contributed by atoms with van der Waals surface area (Å²) in [5.74, 6) is -1.33. The van der Waals surface area contributed by atoms with Gasteiger partial charge < -0.3 is 26.3 Å². The number of hydrogen-bond donors (Lipinski definition) is 4. The van der Waals surface area contributed by atoms with Gasteiger partial charge in [0, 0.05) is 44.0 Å². The molecule has 0 saturated heterocycles. The van der Waals surface area contributed by atoms with Gasteiger partial charge in [0.25, 0.3) is 11.8 Å². The molecule has 0 spiro atoms. The first-order valence-corrected chi connectivity index (χ1v) is 8.45. The highest BCUT2D eigenvalue weighted by Gasteiger charge is 2.43. The fourth-order valence-corrected chi connectivity index (χ4v) is 3.47. The minimum Gasteiger partial charge on any atom is -0.364 e. The van der Waals surface area contributed by atoms with Crippen LogP contribution >= 0.6 is 0 Å². The number of primary amides is 2. The van der Waals surface area contributed by atoms with Gasteiger partial charge in [-0.15, -0.1) is 0 Å². The maximum Gasteiger partial charge on any atom is 0.265 e. The molecule has 0 aliphatic rings. The van der Waals surface area contributed by atoms with Crippen molar-refractivity contribution in [3.05, 3.63) is 47.0 Å². The lowest BCUT2D eigenvalue weighted by molar-refractivity contribution is -0.129. The zero-order chi connectivity index (χ0) is 20.4. The number of amides is 3. The van der Waals surface area contributed by atoms with Crippen LogP contribution < -0.4 is 11.5 Å². The van der Waals surface area contributed by atoms with E-state index in [9.17, 15) is 14.4 Å². The summed E-state index contributed by atoms with van der Waals surface area (Å²) in [6, 6.07) is 3.47. The van der Waals surface area contributed by atoms with E-state index in [2.05, 4.69) is 9.97 Å². The molecule has 9 nitrogen and oxygen atoms in total. The molecule has 0 fully saturated rings. The number of aromatic nitrogens is 2. The van der Waals surface area contributed by atoms with Crippen molar-refractivity contribution in [2.45, 2.75) is 18.4 Å². The van der Waals surface area contributed by atoms with E-state index in [1.165, 1.54) is 4.90 Å². The molecule has 6 N–H and O–H groups in total. The molecule has 0 unspecified atom stereocenters. The molecule has 2 heterocycles. The normalized spacial score (nSPS) is 11.6. The smallest absolute Gasteiger partial charge is 0.265 e. The Morgan fingerprint density at radius 3 is 1.70 bits per heavy atom. The number of H-pyrrole nitrogens is 2. The van der Waals surface area contributed by atoms with Crippen molar-refractivity contribution in [1.29, 1.82) is 0 Å². The van der Waals surface area contributed by atoms with Crippen molar-refractivity contribution >= 4 is 17.7 Å². The molecule has 0 saturated carbocycles. The van der Waals surface area contributed by atoms with E-state index in [0.717, 1.165) is 0 Å². The van der Waals surface area contributed by atoms with Gasteiger partial charge in [0.05, 0.1) is 5.54 Å². The molecule has 2 rings (SSSR count). The largest absolute Gasteiger partial charge is 0.364 e. The maximum absolute atomic E-state index is 12.3. The fraction of sp³-hybridized carbons (Fsp3) is 0.389. The number of nitrogens with zero attached hydrogens (tertiary/aromatic N) is 2. The molecule has 27 heavy (non-hydrogen) atoms. The maximum atomic E-state index is 12.3. The Hall–Kier alpha value is -3.07. The quantitative estimate of drug-likeness (QED) is 0.524. The van der Waals surface area contributed by atoms with Gasteiger partial charge in [-0.05, 0) is 32.6 Å². The minimum absolute atomic E-state index is 0.0754. The Balaban J connectivity index is 2.73. The predicted octanol–water partition coefficient (Wildman–Crippen LogP) is 0.214. The van der Waals surface area contributed by atoms with E-state index in [4.69, 9.17) is 11.5 Å². The van der Waals surface area contributed by atoms with Gasteiger partial charge in [-0.3, -0.25) is 19.3 Å². The molecule has 2 aromatic heterocycles. The zero-order valence-electron chi connectivity index (χ0n) is 16.0.